The molecule has 192 valence electrons. The molecular formula is C25H33F2N3O4S. The quantitative estimate of drug-likeness (QED) is 0.445. The molecule has 1 unspecified atom stereocenters. The van der Waals surface area contributed by atoms with Crippen LogP contribution in [0.1, 0.15) is 45.1 Å². The van der Waals surface area contributed by atoms with Gasteiger partial charge in [-0.05, 0) is 61.2 Å². The van der Waals surface area contributed by atoms with Crippen LogP contribution in [0.15, 0.2) is 48.5 Å². The minimum Gasteiger partial charge on any atom is -0.354 e. The first-order valence-corrected chi connectivity index (χ1v) is 13.5. The molecule has 1 N–H and O–H groups in total. The standard InChI is InChI=1S/C25H33F2N3O4S/c1-4-16-28-25(32)23(5-2)29(18-19-8-10-20(26)11-9-19)24(31)7-6-17-30(35(3,33)34)22-14-12-21(27)13-15-22/h8-15,23H,4-7,16-18H2,1-3H3,(H,28,32). The normalized spacial score (nSPS) is 12.1. The molecule has 35 heavy (non-hydrogen) atoms. The third-order valence-electron chi connectivity index (χ3n) is 5.47. The zero-order chi connectivity index (χ0) is 26.0. The fourth-order valence-electron chi connectivity index (χ4n) is 3.68. The van der Waals surface area contributed by atoms with E-state index < -0.39 is 27.7 Å². The Morgan fingerprint density at radius 3 is 2.06 bits per heavy atom. The van der Waals surface area contributed by atoms with E-state index in [4.69, 9.17) is 0 Å². The Labute approximate surface area is 206 Å². The summed E-state index contributed by atoms with van der Waals surface area (Å²) in [5, 5.41) is 2.82. The van der Waals surface area contributed by atoms with Gasteiger partial charge in [-0.25, -0.2) is 17.2 Å². The number of nitrogens with one attached hydrogen (secondary N) is 1. The number of halogens is 2. The lowest BCUT2D eigenvalue weighted by Crippen LogP contribution is -2.49. The number of hydrogen-bond acceptors (Lipinski definition) is 4. The molecule has 7 nitrogen and oxygen atoms in total. The monoisotopic (exact) mass is 509 g/mol. The van der Waals surface area contributed by atoms with Crippen molar-refractivity contribution in [3.05, 3.63) is 65.7 Å². The number of carbonyl (C=O) groups excluding carboxylic acids is 2. The van der Waals surface area contributed by atoms with E-state index in [0.717, 1.165) is 17.0 Å². The van der Waals surface area contributed by atoms with E-state index in [0.29, 0.717) is 24.2 Å². The van der Waals surface area contributed by atoms with E-state index in [1.54, 1.807) is 19.1 Å². The van der Waals surface area contributed by atoms with Crippen molar-refractivity contribution in [3.8, 4) is 0 Å². The SMILES string of the molecule is CCCNC(=O)C(CC)N(Cc1ccc(F)cc1)C(=O)CCCN(c1ccc(F)cc1)S(C)(=O)=O. The van der Waals surface area contributed by atoms with Crippen LogP contribution in [-0.2, 0) is 26.2 Å². The number of carbonyl (C=O) groups is 2. The first-order chi connectivity index (χ1) is 16.6. The zero-order valence-corrected chi connectivity index (χ0v) is 21.2. The number of benzene rings is 2. The summed E-state index contributed by atoms with van der Waals surface area (Å²) in [4.78, 5) is 27.5. The maximum atomic E-state index is 13.4. The van der Waals surface area contributed by atoms with Gasteiger partial charge in [0.25, 0.3) is 0 Å². The molecular weight excluding hydrogens is 476 g/mol. The molecule has 0 heterocycles. The van der Waals surface area contributed by atoms with Crippen LogP contribution in [-0.4, -0.2) is 50.5 Å². The molecule has 0 spiro atoms. The molecule has 0 aliphatic heterocycles. The van der Waals surface area contributed by atoms with Crippen LogP contribution in [0.5, 0.6) is 0 Å². The summed E-state index contributed by atoms with van der Waals surface area (Å²) in [5.41, 5.74) is 0.973. The van der Waals surface area contributed by atoms with Gasteiger partial charge >= 0.3 is 0 Å². The van der Waals surface area contributed by atoms with Gasteiger partial charge in [-0.2, -0.15) is 0 Å². The molecule has 0 aliphatic carbocycles. The Balaban J connectivity index is 2.18. The van der Waals surface area contributed by atoms with Crippen molar-refractivity contribution in [1.29, 1.82) is 0 Å². The Morgan fingerprint density at radius 1 is 0.971 bits per heavy atom. The van der Waals surface area contributed by atoms with E-state index in [9.17, 15) is 26.8 Å². The van der Waals surface area contributed by atoms with E-state index in [1.807, 2.05) is 6.92 Å². The molecule has 0 bridgehead atoms. The summed E-state index contributed by atoms with van der Waals surface area (Å²) in [6.45, 7) is 4.34. The summed E-state index contributed by atoms with van der Waals surface area (Å²) in [5.74, 6) is -1.48. The van der Waals surface area contributed by atoms with Gasteiger partial charge in [0, 0.05) is 26.1 Å². The van der Waals surface area contributed by atoms with Crippen molar-refractivity contribution < 1.29 is 26.8 Å². The molecule has 2 amide bonds. The van der Waals surface area contributed by atoms with Crippen LogP contribution >= 0.6 is 0 Å². The Morgan fingerprint density at radius 2 is 1.54 bits per heavy atom. The van der Waals surface area contributed by atoms with Crippen LogP contribution in [0.3, 0.4) is 0 Å². The van der Waals surface area contributed by atoms with Gasteiger partial charge in [0.2, 0.25) is 21.8 Å². The van der Waals surface area contributed by atoms with Crippen molar-refractivity contribution in [2.75, 3.05) is 23.7 Å². The second-order valence-corrected chi connectivity index (χ2v) is 10.2. The molecule has 2 aromatic rings. The molecule has 2 rings (SSSR count). The van der Waals surface area contributed by atoms with Crippen LogP contribution in [0, 0.1) is 11.6 Å². The summed E-state index contributed by atoms with van der Waals surface area (Å²) in [7, 11) is -3.66. The lowest BCUT2D eigenvalue weighted by molar-refractivity contribution is -0.141. The molecule has 0 saturated carbocycles. The second kappa shape index (κ2) is 13.2. The van der Waals surface area contributed by atoms with E-state index in [-0.39, 0.29) is 37.7 Å². The molecule has 0 aromatic heterocycles. The number of rotatable bonds is 13. The third-order valence-corrected chi connectivity index (χ3v) is 6.66. The fraction of sp³-hybridized carbons (Fsp3) is 0.440. The van der Waals surface area contributed by atoms with Crippen LogP contribution < -0.4 is 9.62 Å². The van der Waals surface area contributed by atoms with Gasteiger partial charge in [0.05, 0.1) is 11.9 Å². The van der Waals surface area contributed by atoms with Gasteiger partial charge in [0.15, 0.2) is 0 Å². The molecule has 2 aromatic carbocycles. The molecule has 0 aliphatic rings. The number of anilines is 1. The van der Waals surface area contributed by atoms with Crippen molar-refractivity contribution >= 4 is 27.5 Å². The largest absolute Gasteiger partial charge is 0.354 e. The van der Waals surface area contributed by atoms with E-state index >= 15 is 0 Å². The van der Waals surface area contributed by atoms with Crippen molar-refractivity contribution in [2.24, 2.45) is 0 Å². The highest BCUT2D eigenvalue weighted by Crippen LogP contribution is 2.20. The van der Waals surface area contributed by atoms with E-state index in [2.05, 4.69) is 5.32 Å². The Bertz CT molecular complexity index is 1080. The third kappa shape index (κ3) is 8.61. The summed E-state index contributed by atoms with van der Waals surface area (Å²) >= 11 is 0. The number of nitrogens with zero attached hydrogens (tertiary/aromatic N) is 2. The number of sulfonamides is 1. The molecule has 10 heteroatoms. The van der Waals surface area contributed by atoms with Gasteiger partial charge in [-0.3, -0.25) is 13.9 Å². The van der Waals surface area contributed by atoms with Gasteiger partial charge in [0.1, 0.15) is 17.7 Å². The van der Waals surface area contributed by atoms with Gasteiger partial charge in [-0.15, -0.1) is 0 Å². The van der Waals surface area contributed by atoms with Gasteiger partial charge < -0.3 is 10.2 Å². The highest BCUT2D eigenvalue weighted by atomic mass is 32.2. The highest BCUT2D eigenvalue weighted by molar-refractivity contribution is 7.92. The topological polar surface area (TPSA) is 86.8 Å². The van der Waals surface area contributed by atoms with Crippen molar-refractivity contribution in [1.82, 2.24) is 10.2 Å². The number of amides is 2. The number of hydrogen-bond donors (Lipinski definition) is 1. The van der Waals surface area contributed by atoms with Crippen LogP contribution in [0.4, 0.5) is 14.5 Å². The average Bonchev–Trinajstić information content (AvgIpc) is 2.81. The summed E-state index contributed by atoms with van der Waals surface area (Å²) in [6, 6.07) is 10.1. The molecule has 0 radical (unpaired) electrons. The summed E-state index contributed by atoms with van der Waals surface area (Å²) in [6.07, 6.45) is 2.36. The predicted molar refractivity (Wildman–Crippen MR) is 132 cm³/mol. The van der Waals surface area contributed by atoms with Crippen LogP contribution in [0.25, 0.3) is 0 Å². The lowest BCUT2D eigenvalue weighted by Gasteiger charge is -2.31. The minimum atomic E-state index is -3.66. The van der Waals surface area contributed by atoms with Crippen molar-refractivity contribution in [2.45, 2.75) is 52.1 Å². The maximum absolute atomic E-state index is 13.4. The molecule has 0 fully saturated rings. The first-order valence-electron chi connectivity index (χ1n) is 11.6. The molecule has 1 atom stereocenters. The minimum absolute atomic E-state index is 0.00797. The second-order valence-electron chi connectivity index (χ2n) is 8.28. The van der Waals surface area contributed by atoms with E-state index in [1.165, 1.54) is 41.3 Å². The Hall–Kier alpha value is -3.01. The predicted octanol–water partition coefficient (Wildman–Crippen LogP) is 3.84. The average molecular weight is 510 g/mol. The van der Waals surface area contributed by atoms with Gasteiger partial charge in [-0.1, -0.05) is 26.0 Å². The smallest absolute Gasteiger partial charge is 0.242 e. The first kappa shape index (κ1) is 28.2. The highest BCUT2D eigenvalue weighted by Gasteiger charge is 2.28. The molecule has 0 saturated heterocycles. The Kier molecular flexibility index (Phi) is 10.6. The lowest BCUT2D eigenvalue weighted by atomic mass is 10.1. The van der Waals surface area contributed by atoms with Crippen LogP contribution in [0.2, 0.25) is 0 Å². The zero-order valence-electron chi connectivity index (χ0n) is 20.3. The maximum Gasteiger partial charge on any atom is 0.242 e. The van der Waals surface area contributed by atoms with Crippen molar-refractivity contribution in [3.63, 3.8) is 0 Å². The summed E-state index contributed by atoms with van der Waals surface area (Å²) < 4.78 is 52.3. The fourth-order valence-corrected chi connectivity index (χ4v) is 4.65.